The van der Waals surface area contributed by atoms with Crippen LogP contribution < -0.4 is 0 Å². The van der Waals surface area contributed by atoms with E-state index in [4.69, 9.17) is 0 Å². The lowest BCUT2D eigenvalue weighted by molar-refractivity contribution is 0.473. The molecule has 4 nitrogen and oxygen atoms in total. The summed E-state index contributed by atoms with van der Waals surface area (Å²) < 4.78 is 0. The maximum Gasteiger partial charge on any atom is 0.129 e. The lowest BCUT2D eigenvalue weighted by Crippen LogP contribution is -1.92. The number of phenols is 2. The Hall–Kier alpha value is -2.62. The van der Waals surface area contributed by atoms with Gasteiger partial charge >= 0.3 is 0 Å². The van der Waals surface area contributed by atoms with Gasteiger partial charge in [0.1, 0.15) is 18.2 Å². The molecule has 132 valence electrons. The van der Waals surface area contributed by atoms with Gasteiger partial charge in [-0.25, -0.2) is 0 Å². The van der Waals surface area contributed by atoms with Crippen molar-refractivity contribution in [1.29, 1.82) is 0 Å². The molecule has 25 heavy (non-hydrogen) atoms. The third-order valence-corrected chi connectivity index (χ3v) is 4.06. The molecule has 0 saturated heterocycles. The van der Waals surface area contributed by atoms with Crippen molar-refractivity contribution in [1.82, 2.24) is 0 Å². The second-order valence-electron chi connectivity index (χ2n) is 6.71. The van der Waals surface area contributed by atoms with Crippen molar-refractivity contribution in [3.8, 4) is 11.5 Å². The summed E-state index contributed by atoms with van der Waals surface area (Å²) in [4.78, 5) is 8.48. The predicted octanol–water partition coefficient (Wildman–Crippen LogP) is 4.84. The first-order valence-corrected chi connectivity index (χ1v) is 8.54. The SMILES string of the molecule is CC(C)c1ccc(O)c(C=NCN=Cc2cc(C(C)C)ccc2O)c1. The summed E-state index contributed by atoms with van der Waals surface area (Å²) in [5.41, 5.74) is 3.67. The summed E-state index contributed by atoms with van der Waals surface area (Å²) in [6.07, 6.45) is 3.26. The van der Waals surface area contributed by atoms with Gasteiger partial charge in [-0.3, -0.25) is 9.98 Å². The summed E-state index contributed by atoms with van der Waals surface area (Å²) in [5, 5.41) is 19.8. The fraction of sp³-hybridized carbons (Fsp3) is 0.333. The molecule has 0 bridgehead atoms. The van der Waals surface area contributed by atoms with Crippen molar-refractivity contribution in [2.24, 2.45) is 9.98 Å². The van der Waals surface area contributed by atoms with Gasteiger partial charge in [-0.1, -0.05) is 39.8 Å². The lowest BCUT2D eigenvalue weighted by Gasteiger charge is -2.07. The van der Waals surface area contributed by atoms with Crippen molar-refractivity contribution in [2.75, 3.05) is 6.67 Å². The van der Waals surface area contributed by atoms with Crippen molar-refractivity contribution in [2.45, 2.75) is 39.5 Å². The van der Waals surface area contributed by atoms with Gasteiger partial charge in [0, 0.05) is 23.6 Å². The number of rotatable bonds is 6. The molecule has 0 atom stereocenters. The van der Waals surface area contributed by atoms with Crippen molar-refractivity contribution in [3.63, 3.8) is 0 Å². The standard InChI is InChI=1S/C21H26N2O2/c1-14(2)16-5-7-20(24)18(9-16)11-22-13-23-12-19-10-17(15(3)4)6-8-21(19)25/h5-12,14-15,24-25H,13H2,1-4H3. The van der Waals surface area contributed by atoms with E-state index in [0.717, 1.165) is 11.1 Å². The van der Waals surface area contributed by atoms with Crippen LogP contribution in [0.5, 0.6) is 11.5 Å². The van der Waals surface area contributed by atoms with E-state index < -0.39 is 0 Å². The number of aromatic hydroxyl groups is 2. The highest BCUT2D eigenvalue weighted by atomic mass is 16.3. The predicted molar refractivity (Wildman–Crippen MR) is 104 cm³/mol. The van der Waals surface area contributed by atoms with Crippen LogP contribution in [-0.2, 0) is 0 Å². The Morgan fingerprint density at radius 2 is 1.16 bits per heavy atom. The van der Waals surface area contributed by atoms with Gasteiger partial charge in [-0.2, -0.15) is 0 Å². The summed E-state index contributed by atoms with van der Waals surface area (Å²) in [6.45, 7) is 8.66. The van der Waals surface area contributed by atoms with Crippen LogP contribution in [0.1, 0.15) is 61.8 Å². The molecule has 0 unspecified atom stereocenters. The molecule has 0 aliphatic heterocycles. The second-order valence-corrected chi connectivity index (χ2v) is 6.71. The number of hydrogen-bond donors (Lipinski definition) is 2. The van der Waals surface area contributed by atoms with Crippen LogP contribution in [0, 0.1) is 0 Å². The van der Waals surface area contributed by atoms with Crippen LogP contribution in [0.4, 0.5) is 0 Å². The summed E-state index contributed by atoms with van der Waals surface area (Å²) in [7, 11) is 0. The van der Waals surface area contributed by atoms with Crippen LogP contribution in [0.15, 0.2) is 46.4 Å². The normalized spacial score (nSPS) is 12.1. The third kappa shape index (κ3) is 5.18. The summed E-state index contributed by atoms with van der Waals surface area (Å²) in [6, 6.07) is 11.1. The maximum atomic E-state index is 9.91. The summed E-state index contributed by atoms with van der Waals surface area (Å²) >= 11 is 0. The molecule has 0 aliphatic carbocycles. The highest BCUT2D eigenvalue weighted by Crippen LogP contribution is 2.23. The molecule has 0 fully saturated rings. The minimum absolute atomic E-state index is 0.208. The van der Waals surface area contributed by atoms with Gasteiger partial charge in [0.25, 0.3) is 0 Å². The highest BCUT2D eigenvalue weighted by Gasteiger charge is 2.04. The highest BCUT2D eigenvalue weighted by molar-refractivity contribution is 5.85. The summed E-state index contributed by atoms with van der Waals surface area (Å²) in [5.74, 6) is 1.20. The van der Waals surface area contributed by atoms with Gasteiger partial charge in [0.05, 0.1) is 0 Å². The molecule has 4 heteroatoms. The van der Waals surface area contributed by atoms with Gasteiger partial charge < -0.3 is 10.2 Å². The number of aliphatic imine (C=N–C) groups is 2. The molecule has 0 spiro atoms. The number of phenolic OH excluding ortho intramolecular Hbond substituents is 2. The smallest absolute Gasteiger partial charge is 0.129 e. The van der Waals surface area contributed by atoms with E-state index in [1.165, 1.54) is 0 Å². The number of hydrogen-bond acceptors (Lipinski definition) is 4. The Balaban J connectivity index is 2.05. The second kappa shape index (κ2) is 8.47. The molecule has 0 aliphatic rings. The number of benzene rings is 2. The topological polar surface area (TPSA) is 65.2 Å². The first-order chi connectivity index (χ1) is 11.9. The minimum atomic E-state index is 0.208. The quantitative estimate of drug-likeness (QED) is 0.740. The Kier molecular flexibility index (Phi) is 6.34. The zero-order valence-corrected chi connectivity index (χ0v) is 15.3. The molecule has 0 aromatic heterocycles. The molecule has 0 amide bonds. The molecular formula is C21H26N2O2. The Labute approximate surface area is 149 Å². The van der Waals surface area contributed by atoms with E-state index in [-0.39, 0.29) is 18.2 Å². The van der Waals surface area contributed by atoms with E-state index in [0.29, 0.717) is 23.0 Å². The van der Waals surface area contributed by atoms with Gasteiger partial charge in [-0.05, 0) is 47.2 Å². The molecular weight excluding hydrogens is 312 g/mol. The molecule has 2 rings (SSSR count). The van der Waals surface area contributed by atoms with Gasteiger partial charge in [0.2, 0.25) is 0 Å². The molecule has 2 aromatic carbocycles. The van der Waals surface area contributed by atoms with E-state index in [1.54, 1.807) is 24.6 Å². The van der Waals surface area contributed by atoms with Crippen LogP contribution in [0.2, 0.25) is 0 Å². The third-order valence-electron chi connectivity index (χ3n) is 4.06. The van der Waals surface area contributed by atoms with Crippen LogP contribution in [0.25, 0.3) is 0 Å². The average Bonchev–Trinajstić information content (AvgIpc) is 2.57. The molecule has 2 N–H and O–H groups in total. The van der Waals surface area contributed by atoms with Crippen LogP contribution in [0.3, 0.4) is 0 Å². The van der Waals surface area contributed by atoms with Crippen molar-refractivity contribution >= 4 is 12.4 Å². The largest absolute Gasteiger partial charge is 0.507 e. The van der Waals surface area contributed by atoms with E-state index in [9.17, 15) is 10.2 Å². The first kappa shape index (κ1) is 18.7. The Bertz CT molecular complexity index is 712. The van der Waals surface area contributed by atoms with Crippen molar-refractivity contribution < 1.29 is 10.2 Å². The molecule has 2 aromatic rings. The maximum absolute atomic E-state index is 9.91. The van der Waals surface area contributed by atoms with Gasteiger partial charge in [-0.15, -0.1) is 0 Å². The molecule has 0 radical (unpaired) electrons. The Morgan fingerprint density at radius 3 is 1.52 bits per heavy atom. The zero-order valence-electron chi connectivity index (χ0n) is 15.3. The molecule has 0 heterocycles. The average molecular weight is 338 g/mol. The fourth-order valence-corrected chi connectivity index (χ4v) is 2.40. The zero-order chi connectivity index (χ0) is 18.4. The van der Waals surface area contributed by atoms with Crippen LogP contribution in [-0.4, -0.2) is 29.3 Å². The van der Waals surface area contributed by atoms with Crippen LogP contribution >= 0.6 is 0 Å². The monoisotopic (exact) mass is 338 g/mol. The number of nitrogens with zero attached hydrogens (tertiary/aromatic N) is 2. The molecule has 0 saturated carbocycles. The lowest BCUT2D eigenvalue weighted by atomic mass is 10.0. The van der Waals surface area contributed by atoms with Crippen molar-refractivity contribution in [3.05, 3.63) is 58.7 Å². The first-order valence-electron chi connectivity index (χ1n) is 8.54. The Morgan fingerprint density at radius 1 is 0.760 bits per heavy atom. The van der Waals surface area contributed by atoms with E-state index >= 15 is 0 Å². The fourth-order valence-electron chi connectivity index (χ4n) is 2.40. The van der Waals surface area contributed by atoms with E-state index in [2.05, 4.69) is 37.7 Å². The van der Waals surface area contributed by atoms with Gasteiger partial charge in [0.15, 0.2) is 0 Å². The minimum Gasteiger partial charge on any atom is -0.507 e. The van der Waals surface area contributed by atoms with E-state index in [1.807, 2.05) is 24.3 Å².